The van der Waals surface area contributed by atoms with Crippen molar-refractivity contribution in [1.82, 2.24) is 10.2 Å². The van der Waals surface area contributed by atoms with E-state index in [0.29, 0.717) is 42.6 Å². The lowest BCUT2D eigenvalue weighted by molar-refractivity contribution is 0.102. The minimum Gasteiger partial charge on any atom is -0.486 e. The number of hydrogen-bond acceptors (Lipinski definition) is 6. The van der Waals surface area contributed by atoms with E-state index in [9.17, 15) is 9.18 Å². The zero-order valence-electron chi connectivity index (χ0n) is 13.6. The van der Waals surface area contributed by atoms with E-state index in [-0.39, 0.29) is 11.8 Å². The number of hydrogen-bond donors (Lipinski definition) is 1. The van der Waals surface area contributed by atoms with Crippen LogP contribution in [0.5, 0.6) is 11.5 Å². The first kappa shape index (κ1) is 16.1. The molecule has 0 radical (unpaired) electrons. The highest BCUT2D eigenvalue weighted by Gasteiger charge is 2.17. The zero-order chi connectivity index (χ0) is 17.9. The number of carbonyl (C=O) groups excluding carboxylic acids is 1. The third-order valence-electron chi connectivity index (χ3n) is 3.76. The molecule has 0 bridgehead atoms. The van der Waals surface area contributed by atoms with Crippen LogP contribution in [-0.2, 0) is 6.42 Å². The predicted molar refractivity (Wildman–Crippen MR) is 88.9 cm³/mol. The lowest BCUT2D eigenvalue weighted by Crippen LogP contribution is -2.17. The first-order valence-corrected chi connectivity index (χ1v) is 7.95. The van der Waals surface area contributed by atoms with Crippen LogP contribution in [0, 0.1) is 5.82 Å². The molecule has 0 saturated carbocycles. The number of halogens is 1. The highest BCUT2D eigenvalue weighted by atomic mass is 19.1. The van der Waals surface area contributed by atoms with Crippen molar-refractivity contribution in [3.8, 4) is 11.5 Å². The summed E-state index contributed by atoms with van der Waals surface area (Å²) in [6, 6.07) is 10.9. The molecule has 1 aliphatic heterocycles. The second-order valence-electron chi connectivity index (χ2n) is 5.62. The van der Waals surface area contributed by atoms with Crippen LogP contribution >= 0.6 is 0 Å². The topological polar surface area (TPSA) is 86.5 Å². The summed E-state index contributed by atoms with van der Waals surface area (Å²) >= 11 is 0. The number of anilines is 1. The quantitative estimate of drug-likeness (QED) is 0.774. The molecule has 2 aromatic carbocycles. The molecule has 2 heterocycles. The van der Waals surface area contributed by atoms with Gasteiger partial charge in [-0.3, -0.25) is 10.1 Å². The molecule has 4 rings (SSSR count). The van der Waals surface area contributed by atoms with Crippen molar-refractivity contribution >= 4 is 11.9 Å². The van der Waals surface area contributed by atoms with Crippen molar-refractivity contribution in [3.05, 3.63) is 65.3 Å². The molecule has 1 amide bonds. The lowest BCUT2D eigenvalue weighted by atomic mass is 10.1. The molecular weight excluding hydrogens is 341 g/mol. The molecule has 1 aliphatic rings. The molecule has 1 N–H and O–H groups in total. The van der Waals surface area contributed by atoms with Crippen LogP contribution in [-0.4, -0.2) is 29.3 Å². The maximum Gasteiger partial charge on any atom is 0.322 e. The van der Waals surface area contributed by atoms with Crippen LogP contribution in [0.1, 0.15) is 21.8 Å². The molecule has 132 valence electrons. The third-order valence-corrected chi connectivity index (χ3v) is 3.76. The van der Waals surface area contributed by atoms with Crippen molar-refractivity contribution in [3.63, 3.8) is 0 Å². The molecule has 8 heteroatoms. The van der Waals surface area contributed by atoms with Crippen molar-refractivity contribution in [1.29, 1.82) is 0 Å². The van der Waals surface area contributed by atoms with Gasteiger partial charge < -0.3 is 13.9 Å². The number of rotatable bonds is 4. The van der Waals surface area contributed by atoms with Crippen molar-refractivity contribution in [2.75, 3.05) is 18.5 Å². The molecular formula is C18H14FN3O4. The zero-order valence-corrected chi connectivity index (χ0v) is 13.6. The van der Waals surface area contributed by atoms with E-state index in [1.54, 1.807) is 30.3 Å². The molecule has 0 spiro atoms. The van der Waals surface area contributed by atoms with Gasteiger partial charge in [-0.05, 0) is 35.9 Å². The SMILES string of the molecule is O=C(Nc1nnc(Cc2ccc(F)cc2)o1)c1ccc2c(c1)OCCO2. The Morgan fingerprint density at radius 2 is 1.81 bits per heavy atom. The Labute approximate surface area is 147 Å². The normalized spacial score (nSPS) is 12.7. The fraction of sp³-hybridized carbons (Fsp3) is 0.167. The number of benzene rings is 2. The second-order valence-corrected chi connectivity index (χ2v) is 5.62. The third kappa shape index (κ3) is 3.49. The summed E-state index contributed by atoms with van der Waals surface area (Å²) in [6.07, 6.45) is 0.340. The van der Waals surface area contributed by atoms with Gasteiger partial charge in [0.05, 0.1) is 6.42 Å². The standard InChI is InChI=1S/C18H14FN3O4/c19-13-4-1-11(2-5-13)9-16-21-22-18(26-16)20-17(23)12-3-6-14-15(10-12)25-8-7-24-14/h1-6,10H,7-9H2,(H,20,22,23). The Hall–Kier alpha value is -3.42. The molecule has 26 heavy (non-hydrogen) atoms. The van der Waals surface area contributed by atoms with E-state index in [4.69, 9.17) is 13.9 Å². The summed E-state index contributed by atoms with van der Waals surface area (Å²) in [4.78, 5) is 12.3. The van der Waals surface area contributed by atoms with Gasteiger partial charge in [0.2, 0.25) is 5.89 Å². The van der Waals surface area contributed by atoms with Crippen LogP contribution < -0.4 is 14.8 Å². The molecule has 0 saturated heterocycles. The van der Waals surface area contributed by atoms with Gasteiger partial charge in [0.1, 0.15) is 19.0 Å². The molecule has 0 fully saturated rings. The average Bonchev–Trinajstić information content (AvgIpc) is 3.10. The van der Waals surface area contributed by atoms with Crippen LogP contribution in [0.3, 0.4) is 0 Å². The van der Waals surface area contributed by atoms with E-state index in [2.05, 4.69) is 15.5 Å². The number of carbonyl (C=O) groups is 1. The summed E-state index contributed by atoms with van der Waals surface area (Å²) in [6.45, 7) is 0.922. The minimum atomic E-state index is -0.404. The Kier molecular flexibility index (Phi) is 4.22. The second kappa shape index (κ2) is 6.83. The maximum atomic E-state index is 12.9. The fourth-order valence-electron chi connectivity index (χ4n) is 2.51. The van der Waals surface area contributed by atoms with Gasteiger partial charge in [-0.15, -0.1) is 5.10 Å². The van der Waals surface area contributed by atoms with Gasteiger partial charge >= 0.3 is 6.01 Å². The molecule has 3 aromatic rings. The summed E-state index contributed by atoms with van der Waals surface area (Å²) in [7, 11) is 0. The van der Waals surface area contributed by atoms with Crippen LogP contribution in [0.15, 0.2) is 46.9 Å². The van der Waals surface area contributed by atoms with Gasteiger partial charge in [-0.25, -0.2) is 4.39 Å². The highest BCUT2D eigenvalue weighted by molar-refractivity contribution is 6.03. The molecule has 0 atom stereocenters. The number of ether oxygens (including phenoxy) is 2. The number of nitrogens with zero attached hydrogens (tertiary/aromatic N) is 2. The first-order valence-electron chi connectivity index (χ1n) is 7.95. The van der Waals surface area contributed by atoms with E-state index in [1.807, 2.05) is 0 Å². The highest BCUT2D eigenvalue weighted by Crippen LogP contribution is 2.30. The molecule has 1 aromatic heterocycles. The summed E-state index contributed by atoms with van der Waals surface area (Å²) < 4.78 is 29.2. The van der Waals surface area contributed by atoms with Crippen LogP contribution in [0.2, 0.25) is 0 Å². The summed E-state index contributed by atoms with van der Waals surface area (Å²) in [5, 5.41) is 10.2. The Bertz CT molecular complexity index is 940. The average molecular weight is 355 g/mol. The van der Waals surface area contributed by atoms with Crippen LogP contribution in [0.4, 0.5) is 10.4 Å². The largest absolute Gasteiger partial charge is 0.486 e. The van der Waals surface area contributed by atoms with Gasteiger partial charge in [0.25, 0.3) is 5.91 Å². The Balaban J connectivity index is 1.43. The smallest absolute Gasteiger partial charge is 0.322 e. The summed E-state index contributed by atoms with van der Waals surface area (Å²) in [5.41, 5.74) is 1.20. The number of fused-ring (bicyclic) bond motifs is 1. The van der Waals surface area contributed by atoms with E-state index < -0.39 is 5.91 Å². The molecule has 7 nitrogen and oxygen atoms in total. The van der Waals surface area contributed by atoms with E-state index >= 15 is 0 Å². The Morgan fingerprint density at radius 3 is 2.62 bits per heavy atom. The number of nitrogens with one attached hydrogen (secondary N) is 1. The van der Waals surface area contributed by atoms with Crippen molar-refractivity contribution in [2.45, 2.75) is 6.42 Å². The van der Waals surface area contributed by atoms with E-state index in [1.165, 1.54) is 12.1 Å². The van der Waals surface area contributed by atoms with Gasteiger partial charge in [-0.2, -0.15) is 0 Å². The van der Waals surface area contributed by atoms with Crippen LogP contribution in [0.25, 0.3) is 0 Å². The summed E-state index contributed by atoms with van der Waals surface area (Å²) in [5.74, 6) is 0.721. The Morgan fingerprint density at radius 1 is 1.04 bits per heavy atom. The number of aromatic nitrogens is 2. The fourth-order valence-corrected chi connectivity index (χ4v) is 2.51. The number of amides is 1. The van der Waals surface area contributed by atoms with Gasteiger partial charge in [-0.1, -0.05) is 17.2 Å². The maximum absolute atomic E-state index is 12.9. The van der Waals surface area contributed by atoms with Gasteiger partial charge in [0, 0.05) is 5.56 Å². The van der Waals surface area contributed by atoms with Crippen molar-refractivity contribution in [2.24, 2.45) is 0 Å². The molecule has 0 unspecified atom stereocenters. The minimum absolute atomic E-state index is 0.0120. The lowest BCUT2D eigenvalue weighted by Gasteiger charge is -2.18. The van der Waals surface area contributed by atoms with Crippen molar-refractivity contribution < 1.29 is 23.1 Å². The monoisotopic (exact) mass is 355 g/mol. The first-order chi connectivity index (χ1) is 12.7. The van der Waals surface area contributed by atoms with E-state index in [0.717, 1.165) is 5.56 Å². The molecule has 0 aliphatic carbocycles. The van der Waals surface area contributed by atoms with Gasteiger partial charge in [0.15, 0.2) is 11.5 Å². The predicted octanol–water partition coefficient (Wildman–Crippen LogP) is 2.82.